The molecule has 18 heavy (non-hydrogen) atoms. The maximum Gasteiger partial charge on any atom is 0.217 e. The van der Waals surface area contributed by atoms with Gasteiger partial charge in [-0.1, -0.05) is 11.6 Å². The lowest BCUT2D eigenvalue weighted by molar-refractivity contribution is -0.118. The summed E-state index contributed by atoms with van der Waals surface area (Å²) in [5.74, 6) is -0.275. The molecule has 0 unspecified atom stereocenters. The van der Waals surface area contributed by atoms with Crippen LogP contribution in [0.3, 0.4) is 0 Å². The molecule has 1 aromatic heterocycles. The summed E-state index contributed by atoms with van der Waals surface area (Å²) >= 11 is 5.92. The number of benzene rings is 1. The summed E-state index contributed by atoms with van der Waals surface area (Å²) in [6.45, 7) is 0.699. The van der Waals surface area contributed by atoms with Gasteiger partial charge in [0.1, 0.15) is 0 Å². The van der Waals surface area contributed by atoms with Gasteiger partial charge in [-0.25, -0.2) is 0 Å². The summed E-state index contributed by atoms with van der Waals surface area (Å²) < 4.78 is 0. The number of nitrogens with two attached hydrogens (primary N) is 1. The summed E-state index contributed by atoms with van der Waals surface area (Å²) in [6.07, 6.45) is 2.84. The summed E-state index contributed by atoms with van der Waals surface area (Å²) in [5, 5.41) is 4.95. The van der Waals surface area contributed by atoms with Crippen molar-refractivity contribution in [1.29, 1.82) is 0 Å². The monoisotopic (exact) mass is 263 g/mol. The number of pyridine rings is 1. The molecule has 3 N–H and O–H groups in total. The third kappa shape index (κ3) is 3.11. The molecule has 0 saturated heterocycles. The highest BCUT2D eigenvalue weighted by atomic mass is 35.5. The number of carbonyl (C=O) groups is 1. The van der Waals surface area contributed by atoms with E-state index in [1.165, 1.54) is 0 Å². The summed E-state index contributed by atoms with van der Waals surface area (Å²) in [6, 6.07) is 7.49. The van der Waals surface area contributed by atoms with E-state index in [4.69, 9.17) is 17.3 Å². The van der Waals surface area contributed by atoms with Gasteiger partial charge in [-0.15, -0.1) is 0 Å². The van der Waals surface area contributed by atoms with Crippen molar-refractivity contribution in [2.75, 3.05) is 11.9 Å². The lowest BCUT2D eigenvalue weighted by Gasteiger charge is -2.08. The molecule has 1 amide bonds. The molecule has 0 radical (unpaired) electrons. The molecule has 2 aromatic rings. The average Bonchev–Trinajstić information content (AvgIpc) is 2.34. The Morgan fingerprint density at radius 2 is 2.22 bits per heavy atom. The Bertz CT molecular complexity index is 571. The number of fused-ring (bicyclic) bond motifs is 1. The van der Waals surface area contributed by atoms with Gasteiger partial charge in [0.25, 0.3) is 0 Å². The number of aromatic nitrogens is 1. The highest BCUT2D eigenvalue weighted by Crippen LogP contribution is 2.24. The van der Waals surface area contributed by atoms with E-state index >= 15 is 0 Å². The lowest BCUT2D eigenvalue weighted by Crippen LogP contribution is -2.12. The standard InChI is InChI=1S/C13H14ClN3O/c14-9-3-4-10-11(5-7-17-12(10)8-9)16-6-1-2-13(15)18/h3-5,7-8H,1-2,6H2,(H2,15,18)(H,16,17). The molecular formula is C13H14ClN3O. The number of amides is 1. The van der Waals surface area contributed by atoms with Crippen LogP contribution in [0.4, 0.5) is 5.69 Å². The number of hydrogen-bond donors (Lipinski definition) is 2. The zero-order valence-corrected chi connectivity index (χ0v) is 10.6. The average molecular weight is 264 g/mol. The van der Waals surface area contributed by atoms with Crippen LogP contribution in [0.1, 0.15) is 12.8 Å². The lowest BCUT2D eigenvalue weighted by atomic mass is 10.2. The molecule has 0 spiro atoms. The van der Waals surface area contributed by atoms with Crippen LogP contribution in [0, 0.1) is 0 Å². The molecule has 0 atom stereocenters. The number of halogens is 1. The predicted molar refractivity (Wildman–Crippen MR) is 73.7 cm³/mol. The highest BCUT2D eigenvalue weighted by molar-refractivity contribution is 6.31. The molecule has 1 aromatic carbocycles. The fourth-order valence-electron chi connectivity index (χ4n) is 1.76. The van der Waals surface area contributed by atoms with Crippen molar-refractivity contribution in [3.05, 3.63) is 35.5 Å². The van der Waals surface area contributed by atoms with Gasteiger partial charge in [0.05, 0.1) is 5.52 Å². The van der Waals surface area contributed by atoms with E-state index in [1.807, 2.05) is 24.3 Å². The number of anilines is 1. The Labute approximate surface area is 110 Å². The second-order valence-corrected chi connectivity index (χ2v) is 4.45. The molecule has 4 nitrogen and oxygen atoms in total. The molecule has 0 aliphatic heterocycles. The highest BCUT2D eigenvalue weighted by Gasteiger charge is 2.02. The first-order chi connectivity index (χ1) is 8.66. The smallest absolute Gasteiger partial charge is 0.217 e. The topological polar surface area (TPSA) is 68.0 Å². The number of nitrogens with one attached hydrogen (secondary N) is 1. The minimum atomic E-state index is -0.275. The predicted octanol–water partition coefficient (Wildman–Crippen LogP) is 2.57. The van der Waals surface area contributed by atoms with Gasteiger partial charge in [0, 0.05) is 35.3 Å². The van der Waals surface area contributed by atoms with E-state index < -0.39 is 0 Å². The summed E-state index contributed by atoms with van der Waals surface area (Å²) in [4.78, 5) is 14.9. The van der Waals surface area contributed by atoms with Crippen molar-refractivity contribution < 1.29 is 4.79 Å². The molecule has 0 aliphatic carbocycles. The van der Waals surface area contributed by atoms with E-state index in [9.17, 15) is 4.79 Å². The number of nitrogens with zero attached hydrogens (tertiary/aromatic N) is 1. The van der Waals surface area contributed by atoms with Gasteiger partial charge in [-0.2, -0.15) is 0 Å². The molecule has 94 valence electrons. The van der Waals surface area contributed by atoms with Crippen LogP contribution in [-0.4, -0.2) is 17.4 Å². The van der Waals surface area contributed by atoms with E-state index in [2.05, 4.69) is 10.3 Å². The fourth-order valence-corrected chi connectivity index (χ4v) is 1.93. The Morgan fingerprint density at radius 3 is 3.00 bits per heavy atom. The number of carbonyl (C=O) groups excluding carboxylic acids is 1. The second kappa shape index (κ2) is 5.69. The maximum absolute atomic E-state index is 10.6. The molecule has 1 heterocycles. The molecular weight excluding hydrogens is 250 g/mol. The van der Waals surface area contributed by atoms with Crippen molar-refractivity contribution in [2.45, 2.75) is 12.8 Å². The van der Waals surface area contributed by atoms with E-state index in [-0.39, 0.29) is 5.91 Å². The largest absolute Gasteiger partial charge is 0.384 e. The van der Waals surface area contributed by atoms with Crippen LogP contribution in [0.5, 0.6) is 0 Å². The van der Waals surface area contributed by atoms with Gasteiger partial charge in [0.2, 0.25) is 5.91 Å². The fraction of sp³-hybridized carbons (Fsp3) is 0.231. The zero-order valence-electron chi connectivity index (χ0n) is 9.82. The van der Waals surface area contributed by atoms with Gasteiger partial charge in [-0.05, 0) is 30.7 Å². The van der Waals surface area contributed by atoms with E-state index in [0.29, 0.717) is 24.4 Å². The Morgan fingerprint density at radius 1 is 1.39 bits per heavy atom. The van der Waals surface area contributed by atoms with Crippen molar-refractivity contribution in [2.24, 2.45) is 5.73 Å². The summed E-state index contributed by atoms with van der Waals surface area (Å²) in [5.41, 5.74) is 6.92. The minimum absolute atomic E-state index is 0.275. The normalized spacial score (nSPS) is 10.5. The first-order valence-corrected chi connectivity index (χ1v) is 6.11. The number of primary amides is 1. The van der Waals surface area contributed by atoms with Crippen LogP contribution in [-0.2, 0) is 4.79 Å². The Balaban J connectivity index is 2.11. The van der Waals surface area contributed by atoms with Gasteiger partial charge in [0.15, 0.2) is 0 Å². The zero-order chi connectivity index (χ0) is 13.0. The van der Waals surface area contributed by atoms with Crippen LogP contribution in [0.2, 0.25) is 5.02 Å². The molecule has 0 fully saturated rings. The Hall–Kier alpha value is -1.81. The van der Waals surface area contributed by atoms with Crippen LogP contribution in [0.25, 0.3) is 10.9 Å². The van der Waals surface area contributed by atoms with E-state index in [0.717, 1.165) is 16.6 Å². The number of rotatable bonds is 5. The van der Waals surface area contributed by atoms with Crippen molar-refractivity contribution in [3.63, 3.8) is 0 Å². The first kappa shape index (κ1) is 12.6. The maximum atomic E-state index is 10.6. The SMILES string of the molecule is NC(=O)CCCNc1ccnc2cc(Cl)ccc12. The molecule has 2 rings (SSSR count). The van der Waals surface area contributed by atoms with Crippen LogP contribution in [0.15, 0.2) is 30.5 Å². The number of hydrogen-bond acceptors (Lipinski definition) is 3. The van der Waals surface area contributed by atoms with Crippen molar-refractivity contribution >= 4 is 34.1 Å². The molecule has 5 heteroatoms. The summed E-state index contributed by atoms with van der Waals surface area (Å²) in [7, 11) is 0. The third-order valence-corrected chi connectivity index (χ3v) is 2.86. The van der Waals surface area contributed by atoms with Gasteiger partial charge < -0.3 is 11.1 Å². The van der Waals surface area contributed by atoms with Crippen LogP contribution >= 0.6 is 11.6 Å². The van der Waals surface area contributed by atoms with Gasteiger partial charge in [-0.3, -0.25) is 9.78 Å². The molecule has 0 saturated carbocycles. The van der Waals surface area contributed by atoms with Crippen LogP contribution < -0.4 is 11.1 Å². The Kier molecular flexibility index (Phi) is 3.99. The van der Waals surface area contributed by atoms with Crippen molar-refractivity contribution in [1.82, 2.24) is 4.98 Å². The molecule has 0 aliphatic rings. The quantitative estimate of drug-likeness (QED) is 0.815. The van der Waals surface area contributed by atoms with Gasteiger partial charge >= 0.3 is 0 Å². The van der Waals surface area contributed by atoms with E-state index in [1.54, 1.807) is 6.20 Å². The third-order valence-electron chi connectivity index (χ3n) is 2.62. The van der Waals surface area contributed by atoms with Crippen molar-refractivity contribution in [3.8, 4) is 0 Å². The second-order valence-electron chi connectivity index (χ2n) is 4.02. The minimum Gasteiger partial charge on any atom is -0.384 e. The first-order valence-electron chi connectivity index (χ1n) is 5.73. The molecule has 0 bridgehead atoms.